The highest BCUT2D eigenvalue weighted by molar-refractivity contribution is 6.07. The molecule has 12 heteroatoms. The summed E-state index contributed by atoms with van der Waals surface area (Å²) in [7, 11) is 0. The van der Waals surface area contributed by atoms with Crippen LogP contribution in [-0.2, 0) is 11.3 Å². The van der Waals surface area contributed by atoms with E-state index in [1.165, 1.54) is 45.6 Å². The van der Waals surface area contributed by atoms with Crippen molar-refractivity contribution in [3.8, 4) is 5.69 Å². The van der Waals surface area contributed by atoms with Crippen LogP contribution in [-0.4, -0.2) is 53.5 Å². The summed E-state index contributed by atoms with van der Waals surface area (Å²) in [6.45, 7) is 1.75. The van der Waals surface area contributed by atoms with Crippen LogP contribution in [0.3, 0.4) is 0 Å². The van der Waals surface area contributed by atoms with Crippen LogP contribution in [0.5, 0.6) is 0 Å². The van der Waals surface area contributed by atoms with Crippen molar-refractivity contribution >= 4 is 23.4 Å². The molecule has 35 heavy (non-hydrogen) atoms. The van der Waals surface area contributed by atoms with Crippen LogP contribution in [0.1, 0.15) is 24.9 Å². The molecule has 1 N–H and O–H groups in total. The number of rotatable bonds is 8. The smallest absolute Gasteiger partial charge is 0.350 e. The number of benzene rings is 2. The number of aliphatic imine (C=N–C) groups is 1. The van der Waals surface area contributed by atoms with Gasteiger partial charge in [-0.2, -0.15) is 9.78 Å². The third-order valence-electron chi connectivity index (χ3n) is 5.84. The molecule has 12 nitrogen and oxygen atoms in total. The van der Waals surface area contributed by atoms with Gasteiger partial charge in [0.1, 0.15) is 12.2 Å². The predicted octanol–water partition coefficient (Wildman–Crippen LogP) is 2.67. The molecule has 0 saturated heterocycles. The highest BCUT2D eigenvalue weighted by Crippen LogP contribution is 2.35. The van der Waals surface area contributed by atoms with Crippen LogP contribution in [0.15, 0.2) is 70.7 Å². The molecule has 180 valence electrons. The Bertz CT molecular complexity index is 1360. The minimum atomic E-state index is -1.19. The summed E-state index contributed by atoms with van der Waals surface area (Å²) in [5, 5.41) is 25.3. The van der Waals surface area contributed by atoms with Crippen LogP contribution in [0.2, 0.25) is 0 Å². The number of carbonyl (C=O) groups is 2. The van der Waals surface area contributed by atoms with Gasteiger partial charge >= 0.3 is 17.7 Å². The molecular formula is C23H22N6O6. The fourth-order valence-corrected chi connectivity index (χ4v) is 4.20. The second-order valence-electron chi connectivity index (χ2n) is 8.05. The molecule has 2 atom stereocenters. The Morgan fingerprint density at radius 1 is 1.11 bits per heavy atom. The van der Waals surface area contributed by atoms with Gasteiger partial charge in [-0.25, -0.2) is 14.6 Å². The molecule has 0 radical (unpaired) electrons. The average molecular weight is 478 g/mol. The van der Waals surface area contributed by atoms with Crippen molar-refractivity contribution in [2.24, 2.45) is 10.9 Å². The van der Waals surface area contributed by atoms with Crippen molar-refractivity contribution in [1.82, 2.24) is 19.2 Å². The first-order valence-corrected chi connectivity index (χ1v) is 10.8. The number of nitrogens with zero attached hydrogens (tertiary/aromatic N) is 6. The van der Waals surface area contributed by atoms with Gasteiger partial charge in [0.25, 0.3) is 5.69 Å². The Morgan fingerprint density at radius 3 is 2.54 bits per heavy atom. The van der Waals surface area contributed by atoms with E-state index in [1.807, 2.05) is 6.07 Å². The molecule has 0 spiro atoms. The third-order valence-corrected chi connectivity index (χ3v) is 5.84. The van der Waals surface area contributed by atoms with Gasteiger partial charge in [0.15, 0.2) is 0 Å². The number of hydrogen-bond acceptors (Lipinski definition) is 6. The van der Waals surface area contributed by atoms with Gasteiger partial charge in [0.05, 0.1) is 16.7 Å². The number of urea groups is 1. The van der Waals surface area contributed by atoms with Gasteiger partial charge in [-0.05, 0) is 31.0 Å². The number of nitro benzene ring substituents is 1. The number of hydrogen-bond donors (Lipinski definition) is 1. The highest BCUT2D eigenvalue weighted by atomic mass is 16.6. The Hall–Kier alpha value is -4.61. The zero-order chi connectivity index (χ0) is 25.1. The van der Waals surface area contributed by atoms with E-state index < -0.39 is 28.9 Å². The molecule has 0 saturated carbocycles. The van der Waals surface area contributed by atoms with E-state index in [1.54, 1.807) is 30.3 Å². The van der Waals surface area contributed by atoms with Gasteiger partial charge in [-0.3, -0.25) is 19.5 Å². The maximum Gasteiger partial charge on any atom is 0.350 e. The zero-order valence-electron chi connectivity index (χ0n) is 18.7. The van der Waals surface area contributed by atoms with Crippen molar-refractivity contribution in [1.29, 1.82) is 0 Å². The number of carboxylic acid groups (broad SMARTS) is 1. The van der Waals surface area contributed by atoms with Crippen molar-refractivity contribution in [3.05, 3.63) is 87.1 Å². The Kier molecular flexibility index (Phi) is 6.53. The maximum absolute atomic E-state index is 12.8. The highest BCUT2D eigenvalue weighted by Gasteiger charge is 2.42. The van der Waals surface area contributed by atoms with Gasteiger partial charge < -0.3 is 10.0 Å². The largest absolute Gasteiger partial charge is 0.481 e. The van der Waals surface area contributed by atoms with E-state index >= 15 is 0 Å². The average Bonchev–Trinajstić information content (AvgIpc) is 3.20. The lowest BCUT2D eigenvalue weighted by Crippen LogP contribution is -2.47. The topological polar surface area (TPSA) is 153 Å². The zero-order valence-corrected chi connectivity index (χ0v) is 18.7. The minimum absolute atomic E-state index is 0.0791. The van der Waals surface area contributed by atoms with E-state index in [2.05, 4.69) is 10.1 Å². The van der Waals surface area contributed by atoms with Crippen molar-refractivity contribution in [2.75, 3.05) is 6.54 Å². The van der Waals surface area contributed by atoms with E-state index in [4.69, 9.17) is 0 Å². The van der Waals surface area contributed by atoms with Gasteiger partial charge in [0.2, 0.25) is 0 Å². The lowest BCUT2D eigenvalue weighted by Gasteiger charge is -2.37. The molecule has 0 fully saturated rings. The summed E-state index contributed by atoms with van der Waals surface area (Å²) in [6, 6.07) is 12.9. The molecule has 2 unspecified atom stereocenters. The number of aryl methyl sites for hydroxylation is 1. The monoisotopic (exact) mass is 478 g/mol. The Balaban J connectivity index is 1.59. The number of aromatic nitrogens is 3. The number of nitro groups is 1. The number of amides is 2. The molecule has 0 aliphatic carbocycles. The van der Waals surface area contributed by atoms with E-state index in [0.717, 1.165) is 0 Å². The maximum atomic E-state index is 12.8. The summed E-state index contributed by atoms with van der Waals surface area (Å²) in [5.74, 6) is -2.36. The minimum Gasteiger partial charge on any atom is -0.481 e. The Labute approximate surface area is 198 Å². The summed E-state index contributed by atoms with van der Waals surface area (Å²) >= 11 is 0. The third kappa shape index (κ3) is 4.71. The number of carboxylic acids is 1. The number of aliphatic carboxylic acids is 1. The van der Waals surface area contributed by atoms with Crippen molar-refractivity contribution in [3.63, 3.8) is 0 Å². The second-order valence-corrected chi connectivity index (χ2v) is 8.05. The lowest BCUT2D eigenvalue weighted by molar-refractivity contribution is -0.385. The fraction of sp³-hybridized carbons (Fsp3) is 0.261. The van der Waals surface area contributed by atoms with Crippen LogP contribution >= 0.6 is 0 Å². The molecule has 1 aromatic heterocycles. The van der Waals surface area contributed by atoms with E-state index in [0.29, 0.717) is 17.7 Å². The van der Waals surface area contributed by atoms with Crippen molar-refractivity contribution in [2.45, 2.75) is 25.9 Å². The molecule has 2 heterocycles. The number of para-hydroxylation sites is 1. The molecule has 2 amide bonds. The summed E-state index contributed by atoms with van der Waals surface area (Å²) in [4.78, 5) is 53.5. The predicted molar refractivity (Wildman–Crippen MR) is 125 cm³/mol. The first-order chi connectivity index (χ1) is 16.8. The van der Waals surface area contributed by atoms with Gasteiger partial charge in [-0.15, -0.1) is 0 Å². The number of carbonyl (C=O) groups excluding carboxylic acids is 1. The normalized spacial score (nSPS) is 17.8. The molecule has 4 rings (SSSR count). The van der Waals surface area contributed by atoms with Crippen LogP contribution in [0, 0.1) is 16.0 Å². The molecule has 3 aromatic rings. The SMILES string of the molecule is CC1=NC(=O)N(CCCn2cnn(-c3ccccc3)c2=O)C(c2cccc([N+](=O)[O-])c2)C1C(=O)O. The second kappa shape index (κ2) is 9.71. The Morgan fingerprint density at radius 2 is 1.86 bits per heavy atom. The molecule has 0 bridgehead atoms. The molecule has 1 aliphatic heterocycles. The lowest BCUT2D eigenvalue weighted by atomic mass is 9.86. The van der Waals surface area contributed by atoms with Crippen LogP contribution in [0.4, 0.5) is 10.5 Å². The summed E-state index contributed by atoms with van der Waals surface area (Å²) in [6.07, 6.45) is 1.70. The first-order valence-electron chi connectivity index (χ1n) is 10.8. The molecular weight excluding hydrogens is 456 g/mol. The van der Waals surface area contributed by atoms with E-state index in [-0.39, 0.29) is 30.2 Å². The fourth-order valence-electron chi connectivity index (χ4n) is 4.20. The van der Waals surface area contributed by atoms with Crippen molar-refractivity contribution < 1.29 is 19.6 Å². The first kappa shape index (κ1) is 23.5. The molecule has 1 aliphatic rings. The quantitative estimate of drug-likeness (QED) is 0.386. The van der Waals surface area contributed by atoms with Crippen LogP contribution in [0.25, 0.3) is 5.69 Å². The standard InChI is InChI=1S/C23H22N6O6/c1-15-19(21(30)31)20(16-7-5-10-18(13-16)29(34)35)27(22(32)25-15)12-6-11-26-14-24-28(23(26)33)17-8-3-2-4-9-17/h2-5,7-10,13-14,19-20H,6,11-12H2,1H3,(H,30,31). The van der Waals surface area contributed by atoms with Crippen LogP contribution < -0.4 is 5.69 Å². The van der Waals surface area contributed by atoms with Gasteiger partial charge in [-0.1, -0.05) is 30.3 Å². The van der Waals surface area contributed by atoms with Gasteiger partial charge in [0, 0.05) is 30.9 Å². The number of non-ortho nitro benzene ring substituents is 1. The molecule has 2 aromatic carbocycles. The summed E-state index contributed by atoms with van der Waals surface area (Å²) < 4.78 is 2.65. The van der Waals surface area contributed by atoms with E-state index in [9.17, 15) is 29.6 Å². The summed E-state index contributed by atoms with van der Waals surface area (Å²) in [5.41, 5.74) is 0.494.